The zero-order chi connectivity index (χ0) is 12.6. The average Bonchev–Trinajstić information content (AvgIpc) is 2.57. The molecule has 0 spiro atoms. The van der Waals surface area contributed by atoms with E-state index in [0.29, 0.717) is 10.9 Å². The van der Waals surface area contributed by atoms with Gasteiger partial charge in [-0.1, -0.05) is 0 Å². The van der Waals surface area contributed by atoms with Crippen molar-refractivity contribution in [1.82, 2.24) is 9.55 Å². The molecule has 2 heterocycles. The number of hydrogen-bond donors (Lipinski definition) is 0. The van der Waals surface area contributed by atoms with Gasteiger partial charge < -0.3 is 4.74 Å². The summed E-state index contributed by atoms with van der Waals surface area (Å²) >= 11 is 0. The largest absolute Gasteiger partial charge is 0.443 e. The van der Waals surface area contributed by atoms with Gasteiger partial charge in [0.05, 0.1) is 11.7 Å². The van der Waals surface area contributed by atoms with Crippen molar-refractivity contribution in [2.45, 2.75) is 26.4 Å². The second kappa shape index (κ2) is 3.84. The van der Waals surface area contributed by atoms with Crippen molar-refractivity contribution in [3.05, 3.63) is 30.5 Å². The van der Waals surface area contributed by atoms with Crippen molar-refractivity contribution < 1.29 is 13.9 Å². The van der Waals surface area contributed by atoms with Crippen LogP contribution in [0.25, 0.3) is 10.9 Å². The van der Waals surface area contributed by atoms with Crippen LogP contribution in [0, 0.1) is 5.95 Å². The molecule has 0 saturated heterocycles. The summed E-state index contributed by atoms with van der Waals surface area (Å²) < 4.78 is 19.4. The minimum atomic E-state index is -0.570. The van der Waals surface area contributed by atoms with Crippen LogP contribution in [0.4, 0.5) is 9.18 Å². The average molecular weight is 236 g/mol. The monoisotopic (exact) mass is 236 g/mol. The Morgan fingerprint density at radius 2 is 2.18 bits per heavy atom. The number of aromatic nitrogens is 2. The first-order valence-electron chi connectivity index (χ1n) is 5.23. The van der Waals surface area contributed by atoms with Crippen molar-refractivity contribution in [2.24, 2.45) is 0 Å². The molecule has 4 nitrogen and oxygen atoms in total. The third kappa shape index (κ3) is 2.43. The van der Waals surface area contributed by atoms with Crippen molar-refractivity contribution in [2.75, 3.05) is 0 Å². The molecule has 2 rings (SSSR count). The molecule has 0 saturated carbocycles. The molecule has 5 heteroatoms. The Morgan fingerprint density at radius 1 is 1.47 bits per heavy atom. The van der Waals surface area contributed by atoms with E-state index in [1.54, 1.807) is 33.0 Å². The van der Waals surface area contributed by atoms with E-state index in [4.69, 9.17) is 4.74 Å². The molecular formula is C12H13FN2O2. The summed E-state index contributed by atoms with van der Waals surface area (Å²) in [5.74, 6) is -0.570. The van der Waals surface area contributed by atoms with Crippen LogP contribution in [0.3, 0.4) is 0 Å². The Hall–Kier alpha value is -1.91. The Bertz CT molecular complexity index is 569. The van der Waals surface area contributed by atoms with Crippen LogP contribution >= 0.6 is 0 Å². The lowest BCUT2D eigenvalue weighted by atomic mass is 10.2. The van der Waals surface area contributed by atoms with E-state index in [1.807, 2.05) is 0 Å². The second-order valence-electron chi connectivity index (χ2n) is 4.73. The molecule has 0 aromatic carbocycles. The maximum absolute atomic E-state index is 12.9. The van der Waals surface area contributed by atoms with Gasteiger partial charge in [0.1, 0.15) is 5.60 Å². The van der Waals surface area contributed by atoms with Gasteiger partial charge in [-0.2, -0.15) is 4.39 Å². The third-order valence-corrected chi connectivity index (χ3v) is 2.13. The molecule has 0 bridgehead atoms. The Morgan fingerprint density at radius 3 is 2.82 bits per heavy atom. The third-order valence-electron chi connectivity index (χ3n) is 2.13. The van der Waals surface area contributed by atoms with E-state index >= 15 is 0 Å². The topological polar surface area (TPSA) is 44.1 Å². The number of hydrogen-bond acceptors (Lipinski definition) is 3. The number of nitrogens with zero attached hydrogens (tertiary/aromatic N) is 2. The van der Waals surface area contributed by atoms with Crippen molar-refractivity contribution >= 4 is 17.0 Å². The molecule has 90 valence electrons. The van der Waals surface area contributed by atoms with Crippen LogP contribution in [0.2, 0.25) is 0 Å². The molecule has 0 N–H and O–H groups in total. The SMILES string of the molecule is CC(C)(C)OC(=O)n1ccc2cc(F)ncc21. The maximum atomic E-state index is 12.9. The van der Waals surface area contributed by atoms with Gasteiger partial charge in [-0.15, -0.1) is 0 Å². The van der Waals surface area contributed by atoms with Crippen LogP contribution in [0.5, 0.6) is 0 Å². The fourth-order valence-corrected chi connectivity index (χ4v) is 1.48. The number of rotatable bonds is 0. The molecule has 0 radical (unpaired) electrons. The Balaban J connectivity index is 2.40. The van der Waals surface area contributed by atoms with Gasteiger partial charge in [0.2, 0.25) is 5.95 Å². The summed E-state index contributed by atoms with van der Waals surface area (Å²) in [5.41, 5.74) is -0.0399. The van der Waals surface area contributed by atoms with Gasteiger partial charge in [0.15, 0.2) is 0 Å². The second-order valence-corrected chi connectivity index (χ2v) is 4.73. The minimum absolute atomic E-state index is 0.499. The highest BCUT2D eigenvalue weighted by atomic mass is 19.1. The van der Waals surface area contributed by atoms with Gasteiger partial charge in [-0.05, 0) is 26.8 Å². The predicted molar refractivity (Wildman–Crippen MR) is 61.3 cm³/mol. The van der Waals surface area contributed by atoms with E-state index < -0.39 is 17.6 Å². The molecule has 0 amide bonds. The Kier molecular flexibility index (Phi) is 2.61. The van der Waals surface area contributed by atoms with Crippen LogP contribution in [0.15, 0.2) is 24.5 Å². The zero-order valence-electron chi connectivity index (χ0n) is 9.90. The Labute approximate surface area is 98.0 Å². The normalized spacial score (nSPS) is 11.8. The summed E-state index contributed by atoms with van der Waals surface area (Å²) in [6, 6.07) is 2.92. The number of carbonyl (C=O) groups is 1. The number of fused-ring (bicyclic) bond motifs is 1. The zero-order valence-corrected chi connectivity index (χ0v) is 9.90. The lowest BCUT2D eigenvalue weighted by molar-refractivity contribution is 0.0544. The summed E-state index contributed by atoms with van der Waals surface area (Å²) in [4.78, 5) is 15.4. The van der Waals surface area contributed by atoms with Gasteiger partial charge in [0, 0.05) is 17.6 Å². The van der Waals surface area contributed by atoms with E-state index in [-0.39, 0.29) is 0 Å². The first-order valence-corrected chi connectivity index (χ1v) is 5.23. The first-order chi connectivity index (χ1) is 7.87. The highest BCUT2D eigenvalue weighted by Crippen LogP contribution is 2.17. The highest BCUT2D eigenvalue weighted by molar-refractivity contribution is 5.88. The van der Waals surface area contributed by atoms with Crippen LogP contribution < -0.4 is 0 Å². The van der Waals surface area contributed by atoms with Crippen LogP contribution in [-0.4, -0.2) is 21.2 Å². The predicted octanol–water partition coefficient (Wildman–Crippen LogP) is 2.96. The molecule has 17 heavy (non-hydrogen) atoms. The van der Waals surface area contributed by atoms with Gasteiger partial charge in [-0.25, -0.2) is 9.78 Å². The highest BCUT2D eigenvalue weighted by Gasteiger charge is 2.19. The number of pyridine rings is 1. The summed E-state index contributed by atoms with van der Waals surface area (Å²) in [7, 11) is 0. The molecule has 2 aromatic rings. The lowest BCUT2D eigenvalue weighted by Gasteiger charge is -2.19. The number of ether oxygens (including phenoxy) is 1. The van der Waals surface area contributed by atoms with E-state index in [1.165, 1.54) is 16.8 Å². The molecule has 0 unspecified atom stereocenters. The van der Waals surface area contributed by atoms with Gasteiger partial charge >= 0.3 is 6.09 Å². The molecule has 0 aliphatic carbocycles. The van der Waals surface area contributed by atoms with Crippen molar-refractivity contribution in [1.29, 1.82) is 0 Å². The molecule has 0 aliphatic heterocycles. The lowest BCUT2D eigenvalue weighted by Crippen LogP contribution is -2.26. The minimum Gasteiger partial charge on any atom is -0.443 e. The molecule has 0 atom stereocenters. The maximum Gasteiger partial charge on any atom is 0.419 e. The molecule has 0 fully saturated rings. The standard InChI is InChI=1S/C12H13FN2O2/c1-12(2,3)17-11(16)15-5-4-8-6-10(13)14-7-9(8)15/h4-7H,1-3H3. The van der Waals surface area contributed by atoms with E-state index in [2.05, 4.69) is 4.98 Å². The van der Waals surface area contributed by atoms with Crippen molar-refractivity contribution in [3.8, 4) is 0 Å². The first kappa shape index (κ1) is 11.6. The fourth-order valence-electron chi connectivity index (χ4n) is 1.48. The van der Waals surface area contributed by atoms with Crippen LogP contribution in [0.1, 0.15) is 20.8 Å². The summed E-state index contributed by atoms with van der Waals surface area (Å²) in [6.07, 6.45) is 2.36. The van der Waals surface area contributed by atoms with Crippen LogP contribution in [-0.2, 0) is 4.74 Å². The molecule has 2 aromatic heterocycles. The molecule has 0 aliphatic rings. The summed E-state index contributed by atoms with van der Waals surface area (Å²) in [5, 5.41) is 0.614. The number of halogens is 1. The summed E-state index contributed by atoms with van der Waals surface area (Å²) in [6.45, 7) is 5.36. The van der Waals surface area contributed by atoms with Crippen molar-refractivity contribution in [3.63, 3.8) is 0 Å². The number of carbonyl (C=O) groups excluding carboxylic acids is 1. The van der Waals surface area contributed by atoms with Gasteiger partial charge in [0.25, 0.3) is 0 Å². The molecular weight excluding hydrogens is 223 g/mol. The fraction of sp³-hybridized carbons (Fsp3) is 0.333. The van der Waals surface area contributed by atoms with E-state index in [9.17, 15) is 9.18 Å². The van der Waals surface area contributed by atoms with E-state index in [0.717, 1.165) is 0 Å². The van der Waals surface area contributed by atoms with Gasteiger partial charge in [-0.3, -0.25) is 4.57 Å². The quantitative estimate of drug-likeness (QED) is 0.660. The smallest absolute Gasteiger partial charge is 0.419 e.